The topological polar surface area (TPSA) is 0 Å². The summed E-state index contributed by atoms with van der Waals surface area (Å²) in [7, 11) is -0.0729. The smallest absolute Gasteiger partial charge is 0.116 e. The normalized spacial score (nSPS) is 19.1. The van der Waals surface area contributed by atoms with Crippen LogP contribution in [0, 0.1) is 0 Å². The lowest BCUT2D eigenvalue weighted by Gasteiger charge is -2.50. The summed E-state index contributed by atoms with van der Waals surface area (Å²) in [5, 5.41) is 1.23. The van der Waals surface area contributed by atoms with Gasteiger partial charge in [-0.2, -0.15) is 0 Å². The summed E-state index contributed by atoms with van der Waals surface area (Å²) < 4.78 is 0.812. The van der Waals surface area contributed by atoms with Gasteiger partial charge >= 0.3 is 0 Å². The molecule has 0 nitrogen and oxygen atoms in total. The predicted molar refractivity (Wildman–Crippen MR) is 110 cm³/mol. The summed E-state index contributed by atoms with van der Waals surface area (Å²) in [6.07, 6.45) is 4.69. The Bertz CT molecular complexity index is 296. The van der Waals surface area contributed by atoms with E-state index in [1.165, 1.54) is 0 Å². The van der Waals surface area contributed by atoms with Crippen molar-refractivity contribution in [2.75, 3.05) is 19.2 Å². The minimum absolute atomic E-state index is 0.0729. The van der Waals surface area contributed by atoms with Gasteiger partial charge in [-0.05, 0) is 45.3 Å². The minimum Gasteiger partial charge on any atom is -0.116 e. The second-order valence-corrected chi connectivity index (χ2v) is 22.2. The zero-order valence-electron chi connectivity index (χ0n) is 15.8. The molecule has 2 atom stereocenters. The van der Waals surface area contributed by atoms with Crippen molar-refractivity contribution in [2.45, 2.75) is 82.5 Å². The third-order valence-corrected chi connectivity index (χ3v) is 22.7. The molecule has 122 valence electrons. The molecular weight excluding hydrogens is 318 g/mol. The van der Waals surface area contributed by atoms with E-state index < -0.39 is 6.46 Å². The first-order chi connectivity index (χ1) is 8.63. The van der Waals surface area contributed by atoms with Crippen LogP contribution in [0.4, 0.5) is 0 Å². The van der Waals surface area contributed by atoms with Crippen LogP contribution in [0.15, 0.2) is 0 Å². The van der Waals surface area contributed by atoms with Crippen molar-refractivity contribution >= 4 is 37.5 Å². The maximum absolute atomic E-state index is 2.60. The molecule has 4 heteroatoms. The van der Waals surface area contributed by atoms with Gasteiger partial charge in [0.15, 0.2) is 0 Å². The first-order valence-corrected chi connectivity index (χ1v) is 14.2. The average molecular weight is 356 g/mol. The van der Waals surface area contributed by atoms with Crippen LogP contribution < -0.4 is 0 Å². The molecule has 0 spiro atoms. The van der Waals surface area contributed by atoms with E-state index in [-0.39, 0.29) is 7.92 Å². The van der Waals surface area contributed by atoms with Crippen molar-refractivity contribution in [3.63, 3.8) is 0 Å². The zero-order valence-corrected chi connectivity index (χ0v) is 19.2. The second kappa shape index (κ2) is 6.98. The predicted octanol–water partition coefficient (Wildman–Crippen LogP) is 7.44. The fraction of sp³-hybridized carbons (Fsp3) is 1.00. The van der Waals surface area contributed by atoms with E-state index in [1.54, 1.807) is 0 Å². The Morgan fingerprint density at radius 2 is 1.15 bits per heavy atom. The molecule has 0 rings (SSSR count). The number of rotatable bonds is 4. The average Bonchev–Trinajstić information content (AvgIpc) is 2.19. The van der Waals surface area contributed by atoms with E-state index >= 15 is 0 Å². The zero-order chi connectivity index (χ0) is 16.6. The summed E-state index contributed by atoms with van der Waals surface area (Å²) in [6.45, 7) is 23.6. The Labute approximate surface area is 139 Å². The molecule has 0 saturated carbocycles. The highest BCUT2D eigenvalue weighted by Crippen LogP contribution is 2.88. The lowest BCUT2D eigenvalue weighted by atomic mass is 10.2. The highest BCUT2D eigenvalue weighted by Gasteiger charge is 2.58. The van der Waals surface area contributed by atoms with Gasteiger partial charge in [-0.15, -0.1) is 11.8 Å². The highest BCUT2D eigenvalue weighted by molar-refractivity contribution is 8.65. The summed E-state index contributed by atoms with van der Waals surface area (Å²) in [6, 6.07) is 0. The molecule has 0 aromatic carbocycles. The summed E-state index contributed by atoms with van der Waals surface area (Å²) in [5.41, 5.74) is 0. The van der Waals surface area contributed by atoms with Crippen molar-refractivity contribution in [1.82, 2.24) is 0 Å². The van der Waals surface area contributed by atoms with E-state index in [0.717, 1.165) is 4.73 Å². The number of hydrogen-bond acceptors (Lipinski definition) is 2. The third kappa shape index (κ3) is 4.78. The SMILES string of the molecule is CSC(P(C(C)(C)C)C(C)(C)C)[P+](C)(SC)C(C)(C)C. The van der Waals surface area contributed by atoms with Crippen LogP contribution in [-0.4, -0.2) is 39.4 Å². The van der Waals surface area contributed by atoms with E-state index in [2.05, 4.69) is 105 Å². The van der Waals surface area contributed by atoms with Crippen LogP contribution in [0.25, 0.3) is 0 Å². The molecule has 0 amide bonds. The van der Waals surface area contributed by atoms with Gasteiger partial charge < -0.3 is 0 Å². The monoisotopic (exact) mass is 355 g/mol. The van der Waals surface area contributed by atoms with Crippen LogP contribution in [0.3, 0.4) is 0 Å². The van der Waals surface area contributed by atoms with Crippen molar-refractivity contribution < 1.29 is 0 Å². The molecule has 0 N–H and O–H groups in total. The minimum atomic E-state index is -1.08. The van der Waals surface area contributed by atoms with Crippen molar-refractivity contribution in [2.24, 2.45) is 0 Å². The molecule has 0 radical (unpaired) electrons. The van der Waals surface area contributed by atoms with Crippen molar-refractivity contribution in [3.8, 4) is 0 Å². The fourth-order valence-corrected chi connectivity index (χ4v) is 23.2. The molecule has 0 bridgehead atoms. The van der Waals surface area contributed by atoms with Gasteiger partial charge in [0.25, 0.3) is 0 Å². The van der Waals surface area contributed by atoms with E-state index in [0.29, 0.717) is 15.5 Å². The molecular formula is C16H37P2S2+. The highest BCUT2D eigenvalue weighted by atomic mass is 32.7. The summed E-state index contributed by atoms with van der Waals surface area (Å²) in [5.74, 6) is 0. The van der Waals surface area contributed by atoms with E-state index in [4.69, 9.17) is 0 Å². The van der Waals surface area contributed by atoms with E-state index in [1.807, 2.05) is 0 Å². The maximum Gasteiger partial charge on any atom is 0.143 e. The van der Waals surface area contributed by atoms with Crippen molar-refractivity contribution in [1.29, 1.82) is 0 Å². The lowest BCUT2D eigenvalue weighted by molar-refractivity contribution is 0.705. The molecule has 0 aliphatic carbocycles. The van der Waals surface area contributed by atoms with Crippen molar-refractivity contribution in [3.05, 3.63) is 0 Å². The van der Waals surface area contributed by atoms with Gasteiger partial charge in [-0.1, -0.05) is 41.5 Å². The first kappa shape index (κ1) is 21.6. The molecule has 2 unspecified atom stereocenters. The van der Waals surface area contributed by atoms with Crippen LogP contribution in [0.1, 0.15) is 62.3 Å². The first-order valence-electron chi connectivity index (χ1n) is 7.37. The fourth-order valence-electron chi connectivity index (χ4n) is 2.89. The summed E-state index contributed by atoms with van der Waals surface area (Å²) in [4.78, 5) is 0. The van der Waals surface area contributed by atoms with Gasteiger partial charge in [0.2, 0.25) is 0 Å². The summed E-state index contributed by atoms with van der Waals surface area (Å²) >= 11 is 4.33. The standard InChI is InChI=1S/C16H37P2S2/c1-14(2,3)17(15(4,5)6)13(19-11)18(10,20-12)16(7,8)9/h13H,1-12H3/q+1. The molecule has 0 aromatic rings. The second-order valence-electron chi connectivity index (χ2n) is 8.62. The molecule has 20 heavy (non-hydrogen) atoms. The van der Waals surface area contributed by atoms with Crippen LogP contribution in [0.2, 0.25) is 0 Å². The molecule has 0 saturated heterocycles. The van der Waals surface area contributed by atoms with Gasteiger partial charge in [-0.3, -0.25) is 0 Å². The Morgan fingerprint density at radius 3 is 1.30 bits per heavy atom. The quantitative estimate of drug-likeness (QED) is 0.481. The van der Waals surface area contributed by atoms with Gasteiger partial charge in [0.1, 0.15) is 4.73 Å². The Kier molecular flexibility index (Phi) is 7.53. The molecule has 0 fully saturated rings. The lowest BCUT2D eigenvalue weighted by Crippen LogP contribution is -2.34. The molecule has 0 heterocycles. The maximum atomic E-state index is 2.60. The van der Waals surface area contributed by atoms with Gasteiger partial charge in [0.05, 0.1) is 18.3 Å². The number of thioether (sulfide) groups is 1. The van der Waals surface area contributed by atoms with Gasteiger partial charge in [-0.25, -0.2) is 0 Å². The van der Waals surface area contributed by atoms with Gasteiger partial charge in [0, 0.05) is 17.6 Å². The molecule has 0 aliphatic rings. The largest absolute Gasteiger partial charge is 0.143 e. The Balaban J connectivity index is 5.96. The number of hydrogen-bond donors (Lipinski definition) is 0. The van der Waals surface area contributed by atoms with Crippen LogP contribution in [0.5, 0.6) is 0 Å². The van der Waals surface area contributed by atoms with Crippen LogP contribution in [-0.2, 0) is 0 Å². The molecule has 0 aromatic heterocycles. The van der Waals surface area contributed by atoms with Crippen LogP contribution >= 0.6 is 37.5 Å². The Hall–Kier alpha value is 1.56. The Morgan fingerprint density at radius 1 is 0.800 bits per heavy atom. The van der Waals surface area contributed by atoms with E-state index in [9.17, 15) is 0 Å². The molecule has 0 aliphatic heterocycles. The third-order valence-electron chi connectivity index (χ3n) is 4.01.